The molecule has 1 aromatic heterocycles. The summed E-state index contributed by atoms with van der Waals surface area (Å²) < 4.78 is 7.37. The molecule has 0 radical (unpaired) electrons. The summed E-state index contributed by atoms with van der Waals surface area (Å²) in [5.41, 5.74) is 0. The smallest absolute Gasteiger partial charge is 0.0672 e. The van der Waals surface area contributed by atoms with Gasteiger partial charge in [0.15, 0.2) is 0 Å². The fraction of sp³-hybridized carbons (Fsp3) is 0.600. The van der Waals surface area contributed by atoms with Crippen molar-refractivity contribution in [1.29, 1.82) is 0 Å². The van der Waals surface area contributed by atoms with Gasteiger partial charge in [-0.25, -0.2) is 0 Å². The first-order valence-electron chi connectivity index (χ1n) is 4.37. The van der Waals surface area contributed by atoms with Crippen LogP contribution in [-0.4, -0.2) is 18.3 Å². The van der Waals surface area contributed by atoms with Gasteiger partial charge in [-0.05, 0) is 18.1 Å². The third-order valence-electron chi connectivity index (χ3n) is 2.12. The van der Waals surface area contributed by atoms with E-state index in [1.807, 2.05) is 12.1 Å². The fourth-order valence-corrected chi connectivity index (χ4v) is 1.36. The lowest BCUT2D eigenvalue weighted by atomic mass is 10.1. The standard InChI is InChI=1S/C10H17NO/c1-9(2)10(8-12-3)11-6-4-5-7-11/h4-7,9-10H,8H2,1-3H3/t10-/m1/s1. The van der Waals surface area contributed by atoms with Crippen LogP contribution in [0.2, 0.25) is 0 Å². The number of rotatable bonds is 4. The van der Waals surface area contributed by atoms with Crippen molar-refractivity contribution in [2.24, 2.45) is 5.92 Å². The molecule has 0 unspecified atom stereocenters. The van der Waals surface area contributed by atoms with Crippen molar-refractivity contribution >= 4 is 0 Å². The second kappa shape index (κ2) is 4.31. The van der Waals surface area contributed by atoms with Crippen molar-refractivity contribution in [1.82, 2.24) is 4.57 Å². The molecule has 0 saturated heterocycles. The van der Waals surface area contributed by atoms with Crippen LogP contribution in [0.5, 0.6) is 0 Å². The number of hydrogen-bond acceptors (Lipinski definition) is 1. The monoisotopic (exact) mass is 167 g/mol. The molecule has 0 aliphatic heterocycles. The van der Waals surface area contributed by atoms with Crippen molar-refractivity contribution < 1.29 is 4.74 Å². The maximum absolute atomic E-state index is 5.17. The highest BCUT2D eigenvalue weighted by Gasteiger charge is 2.13. The molecule has 1 heterocycles. The average molecular weight is 167 g/mol. The predicted octanol–water partition coefficient (Wildman–Crippen LogP) is 2.33. The summed E-state index contributed by atoms with van der Waals surface area (Å²) in [5.74, 6) is 0.609. The highest BCUT2D eigenvalue weighted by molar-refractivity contribution is 4.93. The van der Waals surface area contributed by atoms with Crippen molar-refractivity contribution in [3.05, 3.63) is 24.5 Å². The van der Waals surface area contributed by atoms with Crippen molar-refractivity contribution in [2.45, 2.75) is 19.9 Å². The average Bonchev–Trinajstić information content (AvgIpc) is 2.51. The maximum Gasteiger partial charge on any atom is 0.0672 e. The molecule has 1 rings (SSSR count). The maximum atomic E-state index is 5.17. The number of nitrogens with zero attached hydrogens (tertiary/aromatic N) is 1. The van der Waals surface area contributed by atoms with Gasteiger partial charge in [-0.2, -0.15) is 0 Å². The van der Waals surface area contributed by atoms with Gasteiger partial charge in [0.1, 0.15) is 0 Å². The van der Waals surface area contributed by atoms with Crippen molar-refractivity contribution in [2.75, 3.05) is 13.7 Å². The van der Waals surface area contributed by atoms with Crippen LogP contribution in [0.4, 0.5) is 0 Å². The van der Waals surface area contributed by atoms with Crippen molar-refractivity contribution in [3.63, 3.8) is 0 Å². The van der Waals surface area contributed by atoms with Gasteiger partial charge in [-0.1, -0.05) is 13.8 Å². The Morgan fingerprint density at radius 1 is 1.25 bits per heavy atom. The molecule has 68 valence electrons. The number of hydrogen-bond donors (Lipinski definition) is 0. The Kier molecular flexibility index (Phi) is 3.35. The molecular weight excluding hydrogens is 150 g/mol. The molecule has 2 heteroatoms. The zero-order valence-corrected chi connectivity index (χ0v) is 8.03. The van der Waals surface area contributed by atoms with Gasteiger partial charge >= 0.3 is 0 Å². The lowest BCUT2D eigenvalue weighted by molar-refractivity contribution is 0.133. The van der Waals surface area contributed by atoms with Gasteiger partial charge < -0.3 is 9.30 Å². The van der Waals surface area contributed by atoms with Gasteiger partial charge in [-0.3, -0.25) is 0 Å². The topological polar surface area (TPSA) is 14.2 Å². The Labute approximate surface area is 74.2 Å². The van der Waals surface area contributed by atoms with Crippen LogP contribution in [-0.2, 0) is 4.74 Å². The Morgan fingerprint density at radius 3 is 2.25 bits per heavy atom. The number of aromatic nitrogens is 1. The van der Waals surface area contributed by atoms with E-state index in [1.165, 1.54) is 0 Å². The Balaban J connectivity index is 2.66. The third-order valence-corrected chi connectivity index (χ3v) is 2.12. The lowest BCUT2D eigenvalue weighted by Crippen LogP contribution is -2.18. The van der Waals surface area contributed by atoms with Crippen LogP contribution in [0.1, 0.15) is 19.9 Å². The third kappa shape index (κ3) is 2.11. The predicted molar refractivity (Wildman–Crippen MR) is 50.2 cm³/mol. The molecule has 2 nitrogen and oxygen atoms in total. The normalized spacial score (nSPS) is 13.7. The molecule has 0 saturated carbocycles. The summed E-state index contributed by atoms with van der Waals surface area (Å²) >= 11 is 0. The molecule has 0 bridgehead atoms. The van der Waals surface area contributed by atoms with Crippen LogP contribution in [0.25, 0.3) is 0 Å². The molecule has 0 aromatic carbocycles. The van der Waals surface area contributed by atoms with E-state index in [4.69, 9.17) is 4.74 Å². The molecule has 0 aliphatic carbocycles. The van der Waals surface area contributed by atoms with E-state index < -0.39 is 0 Å². The van der Waals surface area contributed by atoms with Crippen LogP contribution >= 0.6 is 0 Å². The van der Waals surface area contributed by atoms with E-state index in [0.29, 0.717) is 12.0 Å². The van der Waals surface area contributed by atoms with Crippen LogP contribution in [0, 0.1) is 5.92 Å². The second-order valence-corrected chi connectivity index (χ2v) is 3.40. The van der Waals surface area contributed by atoms with Crippen molar-refractivity contribution in [3.8, 4) is 0 Å². The minimum Gasteiger partial charge on any atom is -0.383 e. The highest BCUT2D eigenvalue weighted by atomic mass is 16.5. The summed E-state index contributed by atoms with van der Waals surface area (Å²) in [4.78, 5) is 0. The van der Waals surface area contributed by atoms with E-state index in [9.17, 15) is 0 Å². The summed E-state index contributed by atoms with van der Waals surface area (Å²) in [5, 5.41) is 0. The SMILES string of the molecule is COC[C@H](C(C)C)n1cccc1. The van der Waals surface area contributed by atoms with E-state index in [0.717, 1.165) is 6.61 Å². The quantitative estimate of drug-likeness (QED) is 0.671. The number of methoxy groups -OCH3 is 1. The van der Waals surface area contributed by atoms with Crippen LogP contribution < -0.4 is 0 Å². The molecule has 1 aromatic rings. The molecule has 0 spiro atoms. The summed E-state index contributed by atoms with van der Waals surface area (Å²) in [6, 6.07) is 4.56. The summed E-state index contributed by atoms with van der Waals surface area (Å²) in [6.07, 6.45) is 4.17. The molecular formula is C10H17NO. The van der Waals surface area contributed by atoms with Gasteiger partial charge in [0.05, 0.1) is 12.6 Å². The minimum atomic E-state index is 0.463. The van der Waals surface area contributed by atoms with E-state index in [-0.39, 0.29) is 0 Å². The zero-order chi connectivity index (χ0) is 8.97. The molecule has 0 N–H and O–H groups in total. The Bertz CT molecular complexity index is 204. The van der Waals surface area contributed by atoms with E-state index >= 15 is 0 Å². The molecule has 0 aliphatic rings. The summed E-state index contributed by atoms with van der Waals surface area (Å²) in [6.45, 7) is 5.21. The van der Waals surface area contributed by atoms with Crippen LogP contribution in [0.15, 0.2) is 24.5 Å². The van der Waals surface area contributed by atoms with E-state index in [2.05, 4.69) is 30.8 Å². The second-order valence-electron chi connectivity index (χ2n) is 3.40. The van der Waals surface area contributed by atoms with Crippen LogP contribution in [0.3, 0.4) is 0 Å². The first kappa shape index (κ1) is 9.33. The highest BCUT2D eigenvalue weighted by Crippen LogP contribution is 2.17. The van der Waals surface area contributed by atoms with Gasteiger partial charge in [0.25, 0.3) is 0 Å². The molecule has 0 amide bonds. The minimum absolute atomic E-state index is 0.463. The lowest BCUT2D eigenvalue weighted by Gasteiger charge is -2.21. The van der Waals surface area contributed by atoms with Gasteiger partial charge in [-0.15, -0.1) is 0 Å². The van der Waals surface area contributed by atoms with Gasteiger partial charge in [0.2, 0.25) is 0 Å². The Morgan fingerprint density at radius 2 is 1.83 bits per heavy atom. The molecule has 12 heavy (non-hydrogen) atoms. The fourth-order valence-electron chi connectivity index (χ4n) is 1.36. The molecule has 0 fully saturated rings. The summed E-state index contributed by atoms with van der Waals surface area (Å²) in [7, 11) is 1.75. The Hall–Kier alpha value is -0.760. The zero-order valence-electron chi connectivity index (χ0n) is 8.03. The largest absolute Gasteiger partial charge is 0.383 e. The van der Waals surface area contributed by atoms with E-state index in [1.54, 1.807) is 7.11 Å². The molecule has 1 atom stereocenters. The first-order chi connectivity index (χ1) is 5.75. The number of ether oxygens (including phenoxy) is 1. The van der Waals surface area contributed by atoms with Gasteiger partial charge in [0, 0.05) is 19.5 Å². The first-order valence-corrected chi connectivity index (χ1v) is 4.37.